The summed E-state index contributed by atoms with van der Waals surface area (Å²) in [5.74, 6) is 2.99. The van der Waals surface area contributed by atoms with Gasteiger partial charge in [-0.05, 0) is 97.8 Å². The summed E-state index contributed by atoms with van der Waals surface area (Å²) in [5.41, 5.74) is 8.82. The van der Waals surface area contributed by atoms with Crippen LogP contribution in [0, 0.1) is 13.8 Å². The molecule has 3 aliphatic rings. The number of rotatable bonds is 2. The molecule has 7 heteroatoms. The molecule has 0 saturated heterocycles. The Morgan fingerprint density at radius 3 is 1.38 bits per heavy atom. The summed E-state index contributed by atoms with van der Waals surface area (Å²) in [6.07, 6.45) is 0. The van der Waals surface area contributed by atoms with Crippen LogP contribution in [0.5, 0.6) is 23.0 Å². The summed E-state index contributed by atoms with van der Waals surface area (Å²) >= 11 is 0. The number of benzene rings is 6. The smallest absolute Gasteiger partial charge is 0.207 e. The van der Waals surface area contributed by atoms with E-state index in [0.29, 0.717) is 20.9 Å². The van der Waals surface area contributed by atoms with Crippen molar-refractivity contribution in [2.75, 3.05) is 9.80 Å². The molecule has 3 aliphatic heterocycles. The second kappa shape index (κ2) is 9.24. The molecule has 45 heavy (non-hydrogen) atoms. The number of fused-ring (bicyclic) bond motifs is 7. The number of sulfone groups is 1. The fourth-order valence-electron chi connectivity index (χ4n) is 6.79. The van der Waals surface area contributed by atoms with Gasteiger partial charge in [0, 0.05) is 22.5 Å². The lowest BCUT2D eigenvalue weighted by atomic mass is 10.0. The molecule has 0 atom stereocenters. The van der Waals surface area contributed by atoms with Gasteiger partial charge in [0.1, 0.15) is 0 Å². The molecule has 0 spiro atoms. The fourth-order valence-corrected chi connectivity index (χ4v) is 8.44. The van der Waals surface area contributed by atoms with E-state index in [2.05, 4.69) is 35.8 Å². The maximum absolute atomic E-state index is 13.9. The van der Waals surface area contributed by atoms with Gasteiger partial charge in [0.15, 0.2) is 23.0 Å². The van der Waals surface area contributed by atoms with Crippen molar-refractivity contribution in [2.24, 2.45) is 0 Å². The van der Waals surface area contributed by atoms with Crippen molar-refractivity contribution in [3.05, 3.63) is 132 Å². The van der Waals surface area contributed by atoms with Crippen LogP contribution >= 0.6 is 0 Å². The summed E-state index contributed by atoms with van der Waals surface area (Å²) < 4.78 is 40.3. The Balaban J connectivity index is 1.25. The van der Waals surface area contributed by atoms with Crippen molar-refractivity contribution in [2.45, 2.75) is 23.6 Å². The highest BCUT2D eigenvalue weighted by atomic mass is 32.2. The van der Waals surface area contributed by atoms with Gasteiger partial charge in [0.25, 0.3) is 0 Å². The molecule has 6 nitrogen and oxygen atoms in total. The zero-order chi connectivity index (χ0) is 30.4. The maximum Gasteiger partial charge on any atom is 0.207 e. The molecule has 6 aromatic carbocycles. The van der Waals surface area contributed by atoms with E-state index >= 15 is 0 Å². The lowest BCUT2D eigenvalue weighted by Crippen LogP contribution is -2.17. The van der Waals surface area contributed by atoms with Gasteiger partial charge in [-0.3, -0.25) is 0 Å². The molecule has 6 aromatic rings. The highest BCUT2D eigenvalue weighted by molar-refractivity contribution is 7.92. The summed E-state index contributed by atoms with van der Waals surface area (Å²) in [4.78, 5) is 4.94. The van der Waals surface area contributed by atoms with E-state index in [1.165, 1.54) is 0 Å². The Morgan fingerprint density at radius 2 is 0.911 bits per heavy atom. The van der Waals surface area contributed by atoms with E-state index in [-0.39, 0.29) is 0 Å². The van der Waals surface area contributed by atoms with Crippen LogP contribution in [-0.2, 0) is 9.84 Å². The number of para-hydroxylation sites is 6. The highest BCUT2D eigenvalue weighted by Gasteiger charge is 2.36. The molecule has 0 fully saturated rings. The van der Waals surface area contributed by atoms with E-state index in [1.807, 2.05) is 97.1 Å². The van der Waals surface area contributed by atoms with Crippen molar-refractivity contribution in [3.8, 4) is 34.1 Å². The first-order valence-corrected chi connectivity index (χ1v) is 16.3. The van der Waals surface area contributed by atoms with E-state index in [1.54, 1.807) is 12.1 Å². The zero-order valence-corrected chi connectivity index (χ0v) is 25.3. The first-order valence-electron chi connectivity index (χ1n) is 14.8. The summed E-state index contributed by atoms with van der Waals surface area (Å²) in [6.45, 7) is 4.12. The molecule has 0 radical (unpaired) electrons. The van der Waals surface area contributed by atoms with Crippen LogP contribution in [-0.4, -0.2) is 8.42 Å². The third kappa shape index (κ3) is 3.65. The lowest BCUT2D eigenvalue weighted by Gasteiger charge is -2.34. The van der Waals surface area contributed by atoms with Gasteiger partial charge in [-0.25, -0.2) is 8.42 Å². The maximum atomic E-state index is 13.9. The van der Waals surface area contributed by atoms with Gasteiger partial charge in [-0.15, -0.1) is 0 Å². The van der Waals surface area contributed by atoms with Crippen LogP contribution in [0.3, 0.4) is 0 Å². The van der Waals surface area contributed by atoms with Crippen molar-refractivity contribution in [3.63, 3.8) is 0 Å². The average molecular weight is 607 g/mol. The minimum Gasteiger partial charge on any atom is -0.453 e. The predicted molar refractivity (Wildman–Crippen MR) is 176 cm³/mol. The molecule has 9 rings (SSSR count). The largest absolute Gasteiger partial charge is 0.453 e. The molecule has 0 aromatic heterocycles. The molecule has 0 N–H and O–H groups in total. The molecule has 0 aliphatic carbocycles. The van der Waals surface area contributed by atoms with E-state index in [0.717, 1.165) is 68.2 Å². The van der Waals surface area contributed by atoms with Crippen LogP contribution < -0.4 is 19.3 Å². The number of nitrogens with zero attached hydrogens (tertiary/aromatic N) is 2. The Bertz CT molecular complexity index is 2190. The van der Waals surface area contributed by atoms with E-state index < -0.39 is 9.84 Å². The molecule has 218 valence electrons. The second-order valence-corrected chi connectivity index (χ2v) is 13.4. The van der Waals surface area contributed by atoms with Crippen molar-refractivity contribution >= 4 is 44.0 Å². The minimum absolute atomic E-state index is 0.309. The average Bonchev–Trinajstić information content (AvgIpc) is 3.28. The van der Waals surface area contributed by atoms with Crippen LogP contribution in [0.2, 0.25) is 0 Å². The van der Waals surface area contributed by atoms with Crippen molar-refractivity contribution in [1.82, 2.24) is 0 Å². The van der Waals surface area contributed by atoms with Gasteiger partial charge in [0.2, 0.25) is 9.84 Å². The lowest BCUT2D eigenvalue weighted by molar-refractivity contribution is 0.476. The topological polar surface area (TPSA) is 59.1 Å². The van der Waals surface area contributed by atoms with Crippen LogP contribution in [0.25, 0.3) is 11.1 Å². The van der Waals surface area contributed by atoms with Crippen LogP contribution in [0.15, 0.2) is 131 Å². The zero-order valence-electron chi connectivity index (χ0n) is 24.5. The summed E-state index contributed by atoms with van der Waals surface area (Å²) in [7, 11) is -3.70. The molecule has 0 saturated carbocycles. The number of hydrogen-bond donors (Lipinski definition) is 0. The van der Waals surface area contributed by atoms with E-state index in [9.17, 15) is 8.42 Å². The number of hydrogen-bond acceptors (Lipinski definition) is 6. The van der Waals surface area contributed by atoms with E-state index in [4.69, 9.17) is 9.47 Å². The van der Waals surface area contributed by atoms with Crippen molar-refractivity contribution in [1.29, 1.82) is 0 Å². The van der Waals surface area contributed by atoms with Crippen LogP contribution in [0.4, 0.5) is 34.1 Å². The predicted octanol–water partition coefficient (Wildman–Crippen LogP) is 10.3. The Hall–Kier alpha value is -5.53. The molecule has 0 unspecified atom stereocenters. The molecule has 3 heterocycles. The minimum atomic E-state index is -3.70. The third-order valence-corrected chi connectivity index (χ3v) is 10.7. The molecular weight excluding hydrogens is 580 g/mol. The summed E-state index contributed by atoms with van der Waals surface area (Å²) in [5, 5.41) is 0. The standard InChI is InChI=1S/C38H26N2O4S/c1-23-9-7-15-33-37(23)39(29-11-3-5-13-31(29)43-33)25-17-19-35-27(21-25)28-22-26(18-20-36(28)45(35,41)42)40-30-12-4-6-14-32(30)44-34-16-8-10-24(2)38(34)40/h3-22H,1-2H3. The van der Waals surface area contributed by atoms with Gasteiger partial charge in [-0.2, -0.15) is 0 Å². The quantitative estimate of drug-likeness (QED) is 0.195. The number of anilines is 6. The van der Waals surface area contributed by atoms with Gasteiger partial charge in [0.05, 0.1) is 32.5 Å². The first kappa shape index (κ1) is 25.9. The monoisotopic (exact) mass is 606 g/mol. The fraction of sp³-hybridized carbons (Fsp3) is 0.0526. The SMILES string of the molecule is Cc1cccc2c1N(c1ccc3c(c1)-c1cc(N4c5ccccc5Oc5cccc(C)c54)ccc1S3(=O)=O)c1ccccc1O2. The third-order valence-electron chi connectivity index (χ3n) is 8.81. The number of ether oxygens (including phenoxy) is 2. The van der Waals surface area contributed by atoms with Gasteiger partial charge < -0.3 is 19.3 Å². The Morgan fingerprint density at radius 1 is 0.489 bits per heavy atom. The first-order chi connectivity index (χ1) is 21.9. The highest BCUT2D eigenvalue weighted by Crippen LogP contribution is 2.56. The molecular formula is C38H26N2O4S. The van der Waals surface area contributed by atoms with Crippen LogP contribution in [0.1, 0.15) is 11.1 Å². The van der Waals surface area contributed by atoms with Gasteiger partial charge >= 0.3 is 0 Å². The van der Waals surface area contributed by atoms with Crippen molar-refractivity contribution < 1.29 is 17.9 Å². The van der Waals surface area contributed by atoms with Gasteiger partial charge in [-0.1, -0.05) is 48.5 Å². The Labute approximate surface area is 261 Å². The second-order valence-electron chi connectivity index (χ2n) is 11.5. The summed E-state index contributed by atoms with van der Waals surface area (Å²) in [6, 6.07) is 39.1. The molecule has 0 amide bonds. The Kier molecular flexibility index (Phi) is 5.32. The molecule has 0 bridgehead atoms. The normalized spacial score (nSPS) is 14.6. The number of aryl methyl sites for hydroxylation is 2.